The molecule has 1 heterocycles. The SMILES string of the molecule is O=C(O)c1cc(CC(F)F)nn1F. The first-order chi connectivity index (χ1) is 6.00. The third-order valence-corrected chi connectivity index (χ3v) is 1.30. The van der Waals surface area contributed by atoms with Crippen molar-refractivity contribution in [1.82, 2.24) is 10.0 Å². The fraction of sp³-hybridized carbons (Fsp3) is 0.333. The van der Waals surface area contributed by atoms with Gasteiger partial charge < -0.3 is 5.11 Å². The molecule has 0 aliphatic rings. The number of carbonyl (C=O) groups is 1. The number of halogens is 3. The third kappa shape index (κ3) is 2.20. The minimum Gasteiger partial charge on any atom is -0.476 e. The van der Waals surface area contributed by atoms with Gasteiger partial charge in [0.1, 0.15) is 0 Å². The molecule has 1 aromatic heterocycles. The molecule has 0 amide bonds. The van der Waals surface area contributed by atoms with Crippen molar-refractivity contribution >= 4 is 5.97 Å². The zero-order valence-electron chi connectivity index (χ0n) is 6.25. The predicted octanol–water partition coefficient (Wildman–Crippen LogP) is 1.12. The summed E-state index contributed by atoms with van der Waals surface area (Å²) in [6.45, 7) is 0. The molecular formula is C6H5F3N2O2. The van der Waals surface area contributed by atoms with Crippen LogP contribution in [0.4, 0.5) is 13.3 Å². The predicted molar refractivity (Wildman–Crippen MR) is 35.4 cm³/mol. The average Bonchev–Trinajstić information content (AvgIpc) is 2.29. The van der Waals surface area contributed by atoms with Gasteiger partial charge in [0.25, 0.3) is 0 Å². The molecule has 0 aliphatic heterocycles. The van der Waals surface area contributed by atoms with E-state index < -0.39 is 29.4 Å². The zero-order chi connectivity index (χ0) is 10.0. The Labute approximate surface area is 70.5 Å². The molecule has 1 aromatic rings. The van der Waals surface area contributed by atoms with Crippen LogP contribution in [0.25, 0.3) is 0 Å². The quantitative estimate of drug-likeness (QED) is 0.784. The van der Waals surface area contributed by atoms with E-state index in [2.05, 4.69) is 5.10 Å². The summed E-state index contributed by atoms with van der Waals surface area (Å²) in [6.07, 6.45) is -3.42. The first kappa shape index (κ1) is 9.56. The van der Waals surface area contributed by atoms with Gasteiger partial charge in [-0.15, -0.1) is 5.10 Å². The van der Waals surface area contributed by atoms with Crippen molar-refractivity contribution in [3.05, 3.63) is 17.5 Å². The molecule has 0 saturated heterocycles. The van der Waals surface area contributed by atoms with Gasteiger partial charge >= 0.3 is 5.97 Å². The Balaban J connectivity index is 2.89. The molecular weight excluding hydrogens is 189 g/mol. The van der Waals surface area contributed by atoms with Gasteiger partial charge in [-0.1, -0.05) is 9.39 Å². The van der Waals surface area contributed by atoms with Crippen LogP contribution in [0, 0.1) is 0 Å². The Kier molecular flexibility index (Phi) is 2.54. The number of aromatic carboxylic acids is 1. The second-order valence-electron chi connectivity index (χ2n) is 2.28. The van der Waals surface area contributed by atoms with E-state index in [1.54, 1.807) is 0 Å². The fourth-order valence-corrected chi connectivity index (χ4v) is 0.805. The third-order valence-electron chi connectivity index (χ3n) is 1.30. The van der Waals surface area contributed by atoms with Crippen LogP contribution in [0.15, 0.2) is 6.07 Å². The molecule has 13 heavy (non-hydrogen) atoms. The number of hydrogen-bond donors (Lipinski definition) is 1. The second-order valence-corrected chi connectivity index (χ2v) is 2.28. The highest BCUT2D eigenvalue weighted by Crippen LogP contribution is 2.09. The highest BCUT2D eigenvalue weighted by Gasteiger charge is 2.16. The van der Waals surface area contributed by atoms with E-state index in [0.717, 1.165) is 6.07 Å². The molecule has 0 radical (unpaired) electrons. The van der Waals surface area contributed by atoms with Crippen molar-refractivity contribution in [3.8, 4) is 0 Å². The summed E-state index contributed by atoms with van der Waals surface area (Å²) in [5.74, 6) is -1.55. The first-order valence-electron chi connectivity index (χ1n) is 3.27. The Hall–Kier alpha value is -1.53. The molecule has 0 saturated carbocycles. The van der Waals surface area contributed by atoms with E-state index in [4.69, 9.17) is 5.11 Å². The van der Waals surface area contributed by atoms with Gasteiger partial charge in [0.2, 0.25) is 6.43 Å². The van der Waals surface area contributed by atoms with E-state index >= 15 is 0 Å². The summed E-state index contributed by atoms with van der Waals surface area (Å²) in [5.41, 5.74) is -1.04. The van der Waals surface area contributed by atoms with Crippen LogP contribution in [0.1, 0.15) is 16.2 Å². The number of alkyl halides is 2. The Bertz CT molecular complexity index is 324. The van der Waals surface area contributed by atoms with Gasteiger partial charge in [0.15, 0.2) is 5.69 Å². The molecule has 7 heteroatoms. The molecule has 1 N–H and O–H groups in total. The smallest absolute Gasteiger partial charge is 0.357 e. The van der Waals surface area contributed by atoms with Crippen LogP contribution in [0.5, 0.6) is 0 Å². The molecule has 0 spiro atoms. The Morgan fingerprint density at radius 2 is 2.31 bits per heavy atom. The molecule has 0 aromatic carbocycles. The highest BCUT2D eigenvalue weighted by molar-refractivity contribution is 5.85. The molecule has 0 atom stereocenters. The van der Waals surface area contributed by atoms with Crippen LogP contribution in [0.3, 0.4) is 0 Å². The average molecular weight is 194 g/mol. The maximum Gasteiger partial charge on any atom is 0.357 e. The summed E-state index contributed by atoms with van der Waals surface area (Å²) < 4.78 is 36.0. The van der Waals surface area contributed by atoms with Crippen molar-refractivity contribution in [3.63, 3.8) is 0 Å². The van der Waals surface area contributed by atoms with Gasteiger partial charge in [0, 0.05) is 0 Å². The van der Waals surface area contributed by atoms with Gasteiger partial charge in [0.05, 0.1) is 12.1 Å². The van der Waals surface area contributed by atoms with Crippen molar-refractivity contribution in [1.29, 1.82) is 0 Å². The Morgan fingerprint density at radius 1 is 1.69 bits per heavy atom. The van der Waals surface area contributed by atoms with Crippen LogP contribution in [-0.4, -0.2) is 27.5 Å². The summed E-state index contributed by atoms with van der Waals surface area (Å²) >= 11 is 0. The van der Waals surface area contributed by atoms with E-state index in [1.807, 2.05) is 0 Å². The normalized spacial score (nSPS) is 10.8. The van der Waals surface area contributed by atoms with Gasteiger partial charge in [-0.3, -0.25) is 0 Å². The van der Waals surface area contributed by atoms with E-state index in [-0.39, 0.29) is 5.69 Å². The van der Waals surface area contributed by atoms with E-state index in [1.165, 1.54) is 0 Å². The minimum absolute atomic E-state index is 0.282. The second kappa shape index (κ2) is 3.46. The van der Waals surface area contributed by atoms with Crippen LogP contribution >= 0.6 is 0 Å². The summed E-state index contributed by atoms with van der Waals surface area (Å²) in [5, 5.41) is 11.3. The molecule has 72 valence electrons. The fourth-order valence-electron chi connectivity index (χ4n) is 0.805. The summed E-state index contributed by atoms with van der Waals surface area (Å²) in [7, 11) is 0. The number of rotatable bonds is 3. The maximum atomic E-state index is 12.5. The largest absolute Gasteiger partial charge is 0.476 e. The molecule has 1 rings (SSSR count). The molecule has 4 nitrogen and oxygen atoms in total. The lowest BCUT2D eigenvalue weighted by atomic mass is 10.3. The molecule has 0 aliphatic carbocycles. The van der Waals surface area contributed by atoms with Crippen molar-refractivity contribution in [2.75, 3.05) is 0 Å². The van der Waals surface area contributed by atoms with Crippen LogP contribution < -0.4 is 0 Å². The van der Waals surface area contributed by atoms with E-state index in [0.29, 0.717) is 0 Å². The molecule has 0 unspecified atom stereocenters. The topological polar surface area (TPSA) is 55.1 Å². The van der Waals surface area contributed by atoms with Gasteiger partial charge in [-0.05, 0) is 6.07 Å². The number of nitrogens with zero attached hydrogens (tertiary/aromatic N) is 2. The lowest BCUT2D eigenvalue weighted by Gasteiger charge is -1.90. The van der Waals surface area contributed by atoms with Gasteiger partial charge in [-0.2, -0.15) is 0 Å². The van der Waals surface area contributed by atoms with Crippen molar-refractivity contribution in [2.45, 2.75) is 12.8 Å². The van der Waals surface area contributed by atoms with Crippen molar-refractivity contribution in [2.24, 2.45) is 0 Å². The van der Waals surface area contributed by atoms with E-state index in [9.17, 15) is 18.1 Å². The minimum atomic E-state index is -2.67. The number of carboxylic acid groups (broad SMARTS) is 1. The first-order valence-corrected chi connectivity index (χ1v) is 3.27. The lowest BCUT2D eigenvalue weighted by Crippen LogP contribution is -2.02. The van der Waals surface area contributed by atoms with Crippen LogP contribution in [0.2, 0.25) is 0 Å². The molecule has 0 fully saturated rings. The number of carboxylic acids is 1. The van der Waals surface area contributed by atoms with Crippen molar-refractivity contribution < 1.29 is 23.2 Å². The summed E-state index contributed by atoms with van der Waals surface area (Å²) in [6, 6.07) is 0.772. The summed E-state index contributed by atoms with van der Waals surface area (Å²) in [4.78, 5) is 9.80. The number of hydrogen-bond acceptors (Lipinski definition) is 2. The molecule has 0 bridgehead atoms. The van der Waals surface area contributed by atoms with Crippen LogP contribution in [-0.2, 0) is 6.42 Å². The number of aromatic nitrogens is 2. The Morgan fingerprint density at radius 3 is 2.69 bits per heavy atom. The standard InChI is InChI=1S/C6H5F3N2O2/c7-5(8)2-3-1-4(6(12)13)11(9)10-3/h1,5H,2H2,(H,12,13). The maximum absolute atomic E-state index is 12.5. The highest BCUT2D eigenvalue weighted by atomic mass is 19.3. The van der Waals surface area contributed by atoms with Gasteiger partial charge in [-0.25, -0.2) is 13.6 Å². The lowest BCUT2D eigenvalue weighted by molar-refractivity contribution is 0.0667. The zero-order valence-corrected chi connectivity index (χ0v) is 6.25. The monoisotopic (exact) mass is 194 g/mol.